The molecular formula is C18H24ClN5O. The van der Waals surface area contributed by atoms with Crippen LogP contribution in [-0.2, 0) is 0 Å². The maximum Gasteiger partial charge on any atom is 0.229 e. The first-order valence-corrected chi connectivity index (χ1v) is 9.10. The van der Waals surface area contributed by atoms with Gasteiger partial charge in [0.1, 0.15) is 11.6 Å². The summed E-state index contributed by atoms with van der Waals surface area (Å²) < 4.78 is 5.60. The second-order valence-electron chi connectivity index (χ2n) is 6.07. The highest BCUT2D eigenvalue weighted by molar-refractivity contribution is 6.17. The van der Waals surface area contributed by atoms with Gasteiger partial charge in [-0.3, -0.25) is 0 Å². The van der Waals surface area contributed by atoms with Gasteiger partial charge in [0.15, 0.2) is 0 Å². The van der Waals surface area contributed by atoms with Crippen molar-refractivity contribution in [1.29, 1.82) is 0 Å². The van der Waals surface area contributed by atoms with Crippen molar-refractivity contribution in [1.82, 2.24) is 14.9 Å². The Labute approximate surface area is 153 Å². The number of nitrogens with zero attached hydrogens (tertiary/aromatic N) is 4. The van der Waals surface area contributed by atoms with Crippen molar-refractivity contribution in [2.75, 3.05) is 55.9 Å². The summed E-state index contributed by atoms with van der Waals surface area (Å²) in [5.41, 5.74) is 0.931. The molecule has 1 aliphatic heterocycles. The number of alkyl halides is 1. The van der Waals surface area contributed by atoms with E-state index in [0.717, 1.165) is 49.9 Å². The van der Waals surface area contributed by atoms with Gasteiger partial charge in [0, 0.05) is 43.9 Å². The molecule has 0 spiro atoms. The van der Waals surface area contributed by atoms with E-state index in [1.165, 1.54) is 0 Å². The normalized spacial score (nSPS) is 15.2. The van der Waals surface area contributed by atoms with Crippen LogP contribution < -0.4 is 15.0 Å². The lowest BCUT2D eigenvalue weighted by Gasteiger charge is -2.33. The van der Waals surface area contributed by atoms with Gasteiger partial charge in [-0.2, -0.15) is 4.98 Å². The molecule has 0 atom stereocenters. The first-order valence-electron chi connectivity index (χ1n) is 8.57. The van der Waals surface area contributed by atoms with Crippen molar-refractivity contribution in [2.24, 2.45) is 0 Å². The Bertz CT molecular complexity index is 659. The number of piperazine rings is 1. The minimum absolute atomic E-state index is 0.604. The number of hydrogen-bond acceptors (Lipinski definition) is 6. The predicted molar refractivity (Wildman–Crippen MR) is 102 cm³/mol. The molecule has 25 heavy (non-hydrogen) atoms. The van der Waals surface area contributed by atoms with E-state index in [1.54, 1.807) is 6.20 Å². The van der Waals surface area contributed by atoms with Gasteiger partial charge in [0.05, 0.1) is 6.61 Å². The molecule has 0 aliphatic carbocycles. The first-order chi connectivity index (χ1) is 12.2. The molecule has 0 amide bonds. The van der Waals surface area contributed by atoms with Crippen LogP contribution in [0.1, 0.15) is 6.42 Å². The molecule has 1 saturated heterocycles. The lowest BCUT2D eigenvalue weighted by atomic mass is 10.3. The van der Waals surface area contributed by atoms with Crippen molar-refractivity contribution in [3.05, 3.63) is 36.5 Å². The van der Waals surface area contributed by atoms with Crippen molar-refractivity contribution in [3.8, 4) is 5.75 Å². The summed E-state index contributed by atoms with van der Waals surface area (Å²) >= 11 is 5.65. The highest BCUT2D eigenvalue weighted by Gasteiger charge is 2.15. The van der Waals surface area contributed by atoms with Gasteiger partial charge in [-0.1, -0.05) is 0 Å². The number of benzene rings is 1. The van der Waals surface area contributed by atoms with Crippen LogP contribution in [0.2, 0.25) is 0 Å². The maximum absolute atomic E-state index is 5.65. The topological polar surface area (TPSA) is 53.5 Å². The molecule has 1 N–H and O–H groups in total. The zero-order valence-corrected chi connectivity index (χ0v) is 15.2. The lowest BCUT2D eigenvalue weighted by Crippen LogP contribution is -2.44. The van der Waals surface area contributed by atoms with Crippen LogP contribution in [-0.4, -0.2) is 60.6 Å². The van der Waals surface area contributed by atoms with E-state index in [9.17, 15) is 0 Å². The zero-order chi connectivity index (χ0) is 17.5. The van der Waals surface area contributed by atoms with Crippen LogP contribution in [0.25, 0.3) is 0 Å². The van der Waals surface area contributed by atoms with Gasteiger partial charge in [0.2, 0.25) is 5.95 Å². The number of anilines is 3. The summed E-state index contributed by atoms with van der Waals surface area (Å²) in [5.74, 6) is 3.02. The van der Waals surface area contributed by atoms with E-state index >= 15 is 0 Å². The molecule has 2 heterocycles. The van der Waals surface area contributed by atoms with Gasteiger partial charge >= 0.3 is 0 Å². The van der Waals surface area contributed by atoms with E-state index in [-0.39, 0.29) is 0 Å². The second-order valence-corrected chi connectivity index (χ2v) is 6.45. The third-order valence-corrected chi connectivity index (χ3v) is 4.39. The monoisotopic (exact) mass is 361 g/mol. The molecular weight excluding hydrogens is 338 g/mol. The minimum atomic E-state index is 0.604. The molecule has 134 valence electrons. The van der Waals surface area contributed by atoms with Crippen molar-refractivity contribution in [3.63, 3.8) is 0 Å². The Hall–Kier alpha value is -2.05. The van der Waals surface area contributed by atoms with Gasteiger partial charge in [-0.05, 0) is 43.8 Å². The van der Waals surface area contributed by atoms with Gasteiger partial charge in [0.25, 0.3) is 0 Å². The summed E-state index contributed by atoms with van der Waals surface area (Å²) in [6, 6.07) is 9.75. The molecule has 3 rings (SSSR count). The minimum Gasteiger partial charge on any atom is -0.494 e. The molecule has 2 aromatic rings. The fourth-order valence-corrected chi connectivity index (χ4v) is 2.74. The Morgan fingerprint density at radius 1 is 1.12 bits per heavy atom. The SMILES string of the molecule is CN1CCN(c2ccnc(Nc3ccc(OCCCCl)cc3)n2)CC1. The average molecular weight is 362 g/mol. The maximum atomic E-state index is 5.65. The van der Waals surface area contributed by atoms with Crippen LogP contribution in [0.5, 0.6) is 5.75 Å². The molecule has 6 nitrogen and oxygen atoms in total. The number of hydrogen-bond donors (Lipinski definition) is 1. The van der Waals surface area contributed by atoms with Crippen LogP contribution in [0.4, 0.5) is 17.5 Å². The van der Waals surface area contributed by atoms with Crippen LogP contribution in [0.3, 0.4) is 0 Å². The molecule has 0 bridgehead atoms. The average Bonchev–Trinajstić information content (AvgIpc) is 2.64. The third kappa shape index (κ3) is 5.21. The summed E-state index contributed by atoms with van der Waals surface area (Å²) in [4.78, 5) is 13.6. The van der Waals surface area contributed by atoms with Crippen molar-refractivity contribution in [2.45, 2.75) is 6.42 Å². The van der Waals surface area contributed by atoms with Gasteiger partial charge in [-0.25, -0.2) is 4.98 Å². The molecule has 0 radical (unpaired) electrons. The van der Waals surface area contributed by atoms with Gasteiger partial charge < -0.3 is 19.9 Å². The van der Waals surface area contributed by atoms with E-state index in [0.29, 0.717) is 18.4 Å². The molecule has 1 aromatic heterocycles. The number of ether oxygens (including phenoxy) is 1. The summed E-state index contributed by atoms with van der Waals surface area (Å²) in [6.07, 6.45) is 2.64. The van der Waals surface area contributed by atoms with Crippen molar-refractivity contribution >= 4 is 29.1 Å². The van der Waals surface area contributed by atoms with Gasteiger partial charge in [-0.15, -0.1) is 11.6 Å². The predicted octanol–water partition coefficient (Wildman–Crippen LogP) is 2.98. The molecule has 1 aromatic carbocycles. The Balaban J connectivity index is 1.60. The summed E-state index contributed by atoms with van der Waals surface area (Å²) in [6.45, 7) is 4.71. The molecule has 0 saturated carbocycles. The first kappa shape index (κ1) is 17.8. The fraction of sp³-hybridized carbons (Fsp3) is 0.444. The number of likely N-dealkylation sites (N-methyl/N-ethyl adjacent to an activating group) is 1. The van der Waals surface area contributed by atoms with E-state index < -0.39 is 0 Å². The number of nitrogens with one attached hydrogen (secondary N) is 1. The van der Waals surface area contributed by atoms with Crippen LogP contribution in [0.15, 0.2) is 36.5 Å². The largest absolute Gasteiger partial charge is 0.494 e. The molecule has 1 fully saturated rings. The fourth-order valence-electron chi connectivity index (χ4n) is 2.63. The molecule has 1 aliphatic rings. The number of aromatic nitrogens is 2. The number of halogens is 1. The van der Waals surface area contributed by atoms with E-state index in [2.05, 4.69) is 32.1 Å². The Kier molecular flexibility index (Phi) is 6.30. The summed E-state index contributed by atoms with van der Waals surface area (Å²) in [7, 11) is 2.15. The highest BCUT2D eigenvalue weighted by atomic mass is 35.5. The second kappa shape index (κ2) is 8.87. The van der Waals surface area contributed by atoms with Crippen LogP contribution >= 0.6 is 11.6 Å². The molecule has 0 unspecified atom stereocenters. The Morgan fingerprint density at radius 3 is 2.60 bits per heavy atom. The summed E-state index contributed by atoms with van der Waals surface area (Å²) in [5, 5.41) is 3.25. The number of rotatable bonds is 7. The quantitative estimate of drug-likeness (QED) is 0.604. The smallest absolute Gasteiger partial charge is 0.229 e. The van der Waals surface area contributed by atoms with Crippen LogP contribution in [0, 0.1) is 0 Å². The Morgan fingerprint density at radius 2 is 1.88 bits per heavy atom. The highest BCUT2D eigenvalue weighted by Crippen LogP contribution is 2.20. The molecule has 7 heteroatoms. The lowest BCUT2D eigenvalue weighted by molar-refractivity contribution is 0.312. The van der Waals surface area contributed by atoms with Crippen molar-refractivity contribution < 1.29 is 4.74 Å². The standard InChI is InChI=1S/C18H24ClN5O/c1-23-10-12-24(13-11-23)17-7-9-20-18(22-17)21-15-3-5-16(6-4-15)25-14-2-8-19/h3-7,9H,2,8,10-14H2,1H3,(H,20,21,22). The zero-order valence-electron chi connectivity index (χ0n) is 14.5. The van der Waals surface area contributed by atoms with E-state index in [1.807, 2.05) is 30.3 Å². The van der Waals surface area contributed by atoms with E-state index in [4.69, 9.17) is 16.3 Å². The third-order valence-electron chi connectivity index (χ3n) is 4.13.